The highest BCUT2D eigenvalue weighted by atomic mass is 19.4. The van der Waals surface area contributed by atoms with Gasteiger partial charge in [-0.3, -0.25) is 0 Å². The summed E-state index contributed by atoms with van der Waals surface area (Å²) in [6.07, 6.45) is -12.0. The SMILES string of the molecule is Cc1ccc(C(Nc2ccc(C(O)(C(F)(F)F)C(F)(F)F)cc2)C(=O)O)cc1. The zero-order valence-electron chi connectivity index (χ0n) is 14.3. The third-order valence-electron chi connectivity index (χ3n) is 4.09. The number of benzene rings is 2. The first-order chi connectivity index (χ1) is 12.8. The number of anilines is 1. The number of halogens is 6. The van der Waals surface area contributed by atoms with Gasteiger partial charge in [0.05, 0.1) is 0 Å². The van der Waals surface area contributed by atoms with Crippen LogP contribution in [0.2, 0.25) is 0 Å². The van der Waals surface area contributed by atoms with E-state index in [-0.39, 0.29) is 5.69 Å². The summed E-state index contributed by atoms with van der Waals surface area (Å²) in [5.41, 5.74) is -5.30. The quantitative estimate of drug-likeness (QED) is 0.637. The monoisotopic (exact) mass is 407 g/mol. The van der Waals surface area contributed by atoms with Gasteiger partial charge in [-0.2, -0.15) is 26.3 Å². The molecule has 2 aromatic carbocycles. The largest absolute Gasteiger partial charge is 0.479 e. The minimum Gasteiger partial charge on any atom is -0.479 e. The predicted molar refractivity (Wildman–Crippen MR) is 87.6 cm³/mol. The predicted octanol–water partition coefficient (Wildman–Crippen LogP) is 4.55. The van der Waals surface area contributed by atoms with Gasteiger partial charge in [-0.15, -0.1) is 0 Å². The molecule has 0 aliphatic rings. The third-order valence-corrected chi connectivity index (χ3v) is 4.09. The Morgan fingerprint density at radius 3 is 1.75 bits per heavy atom. The Bertz CT molecular complexity index is 814. The Labute approximate surface area is 155 Å². The summed E-state index contributed by atoms with van der Waals surface area (Å²) in [5, 5.41) is 21.2. The molecule has 152 valence electrons. The molecule has 10 heteroatoms. The van der Waals surface area contributed by atoms with E-state index in [9.17, 15) is 41.4 Å². The molecule has 1 unspecified atom stereocenters. The molecular weight excluding hydrogens is 392 g/mol. The Morgan fingerprint density at radius 1 is 0.893 bits per heavy atom. The molecule has 2 aromatic rings. The van der Waals surface area contributed by atoms with Gasteiger partial charge < -0.3 is 15.5 Å². The highest BCUT2D eigenvalue weighted by Crippen LogP contribution is 2.50. The molecule has 4 nitrogen and oxygen atoms in total. The summed E-state index contributed by atoms with van der Waals surface area (Å²) < 4.78 is 77.4. The number of hydrogen-bond acceptors (Lipinski definition) is 3. The second-order valence-electron chi connectivity index (χ2n) is 6.11. The number of nitrogens with one attached hydrogen (secondary N) is 1. The van der Waals surface area contributed by atoms with Crippen molar-refractivity contribution >= 4 is 11.7 Å². The highest BCUT2D eigenvalue weighted by molar-refractivity contribution is 5.79. The standard InChI is InChI=1S/C18H15F6NO3/c1-10-2-4-11(5-3-10)14(15(26)27)25-13-8-6-12(7-9-13)16(28,17(19,20)21)18(22,23)24/h2-9,14,25,28H,1H3,(H,26,27). The van der Waals surface area contributed by atoms with Gasteiger partial charge in [0, 0.05) is 11.3 Å². The zero-order chi connectivity index (χ0) is 21.3. The number of rotatable bonds is 5. The van der Waals surface area contributed by atoms with E-state index in [1.165, 1.54) is 12.1 Å². The van der Waals surface area contributed by atoms with Crippen LogP contribution in [0.4, 0.5) is 32.0 Å². The van der Waals surface area contributed by atoms with E-state index in [0.717, 1.165) is 17.7 Å². The minimum atomic E-state index is -5.99. The Kier molecular flexibility index (Phi) is 5.65. The van der Waals surface area contributed by atoms with Crippen molar-refractivity contribution in [2.24, 2.45) is 0 Å². The van der Waals surface area contributed by atoms with Crippen LogP contribution in [0.15, 0.2) is 48.5 Å². The Morgan fingerprint density at radius 2 is 1.36 bits per heavy atom. The van der Waals surface area contributed by atoms with Gasteiger partial charge in [0.2, 0.25) is 0 Å². The number of hydrogen-bond donors (Lipinski definition) is 3. The van der Waals surface area contributed by atoms with Crippen molar-refractivity contribution in [3.8, 4) is 0 Å². The van der Waals surface area contributed by atoms with Crippen molar-refractivity contribution in [2.45, 2.75) is 30.9 Å². The summed E-state index contributed by atoms with van der Waals surface area (Å²) in [6, 6.07) is 7.64. The summed E-state index contributed by atoms with van der Waals surface area (Å²) in [4.78, 5) is 11.5. The number of aliphatic hydroxyl groups is 1. The van der Waals surface area contributed by atoms with Crippen molar-refractivity contribution in [3.05, 3.63) is 65.2 Å². The van der Waals surface area contributed by atoms with E-state index in [4.69, 9.17) is 0 Å². The van der Waals surface area contributed by atoms with Crippen LogP contribution < -0.4 is 5.32 Å². The van der Waals surface area contributed by atoms with Crippen LogP contribution in [-0.4, -0.2) is 28.5 Å². The van der Waals surface area contributed by atoms with E-state index in [1.54, 1.807) is 19.1 Å². The highest BCUT2D eigenvalue weighted by Gasteiger charge is 2.71. The molecule has 1 atom stereocenters. The van der Waals surface area contributed by atoms with Crippen LogP contribution >= 0.6 is 0 Å². The molecule has 2 rings (SSSR count). The van der Waals surface area contributed by atoms with Crippen LogP contribution in [0.25, 0.3) is 0 Å². The fourth-order valence-corrected chi connectivity index (χ4v) is 2.51. The molecule has 0 aromatic heterocycles. The van der Waals surface area contributed by atoms with E-state index in [1.807, 2.05) is 0 Å². The molecule has 0 aliphatic carbocycles. The fourth-order valence-electron chi connectivity index (χ4n) is 2.51. The van der Waals surface area contributed by atoms with Gasteiger partial charge in [0.25, 0.3) is 5.60 Å². The first-order valence-electron chi connectivity index (χ1n) is 7.79. The number of aliphatic carboxylic acids is 1. The smallest absolute Gasteiger partial charge is 0.430 e. The Hall–Kier alpha value is -2.75. The normalized spacial score (nSPS) is 13.9. The number of carboxylic acids is 1. The molecule has 28 heavy (non-hydrogen) atoms. The van der Waals surface area contributed by atoms with E-state index in [2.05, 4.69) is 5.32 Å². The molecule has 0 fully saturated rings. The number of alkyl halides is 6. The lowest BCUT2D eigenvalue weighted by Crippen LogP contribution is -2.53. The third kappa shape index (κ3) is 4.06. The molecule has 0 saturated heterocycles. The van der Waals surface area contributed by atoms with Gasteiger partial charge in [-0.25, -0.2) is 4.79 Å². The molecule has 0 aliphatic heterocycles. The Balaban J connectivity index is 2.35. The van der Waals surface area contributed by atoms with Gasteiger partial charge >= 0.3 is 18.3 Å². The maximum absolute atomic E-state index is 12.9. The molecule has 3 N–H and O–H groups in total. The van der Waals surface area contributed by atoms with Crippen molar-refractivity contribution in [3.63, 3.8) is 0 Å². The van der Waals surface area contributed by atoms with Crippen molar-refractivity contribution in [1.29, 1.82) is 0 Å². The first kappa shape index (κ1) is 21.5. The van der Waals surface area contributed by atoms with Crippen LogP contribution in [0, 0.1) is 6.92 Å². The lowest BCUT2D eigenvalue weighted by atomic mass is 9.92. The van der Waals surface area contributed by atoms with Gasteiger partial charge in [0.15, 0.2) is 6.04 Å². The second kappa shape index (κ2) is 7.34. The topological polar surface area (TPSA) is 69.6 Å². The van der Waals surface area contributed by atoms with Crippen LogP contribution in [0.5, 0.6) is 0 Å². The lowest BCUT2D eigenvalue weighted by molar-refractivity contribution is -0.376. The molecule has 0 radical (unpaired) electrons. The first-order valence-corrected chi connectivity index (χ1v) is 7.79. The molecular formula is C18H15F6NO3. The van der Waals surface area contributed by atoms with Gasteiger partial charge in [0.1, 0.15) is 0 Å². The van der Waals surface area contributed by atoms with Gasteiger partial charge in [-0.05, 0) is 24.6 Å². The minimum absolute atomic E-state index is 0.0385. The fraction of sp³-hybridized carbons (Fsp3) is 0.278. The molecule has 0 amide bonds. The number of carbonyl (C=O) groups is 1. The molecule has 0 spiro atoms. The average molecular weight is 407 g/mol. The second-order valence-corrected chi connectivity index (χ2v) is 6.11. The summed E-state index contributed by atoms with van der Waals surface area (Å²) >= 11 is 0. The molecule has 0 saturated carbocycles. The van der Waals surface area contributed by atoms with Crippen LogP contribution in [-0.2, 0) is 10.4 Å². The van der Waals surface area contributed by atoms with E-state index < -0.39 is 35.5 Å². The summed E-state index contributed by atoms with van der Waals surface area (Å²) in [5.74, 6) is -1.30. The van der Waals surface area contributed by atoms with Crippen molar-refractivity contribution < 1.29 is 41.4 Å². The summed E-state index contributed by atoms with van der Waals surface area (Å²) in [6.45, 7) is 1.79. The van der Waals surface area contributed by atoms with Crippen molar-refractivity contribution in [1.82, 2.24) is 0 Å². The molecule has 0 heterocycles. The zero-order valence-corrected chi connectivity index (χ0v) is 14.3. The lowest BCUT2D eigenvalue weighted by Gasteiger charge is -2.32. The summed E-state index contributed by atoms with van der Waals surface area (Å²) in [7, 11) is 0. The van der Waals surface area contributed by atoms with Crippen molar-refractivity contribution in [2.75, 3.05) is 5.32 Å². The average Bonchev–Trinajstić information content (AvgIpc) is 2.58. The van der Waals surface area contributed by atoms with E-state index >= 15 is 0 Å². The number of carboxylic acid groups (broad SMARTS) is 1. The maximum atomic E-state index is 12.9. The van der Waals surface area contributed by atoms with Crippen LogP contribution in [0.3, 0.4) is 0 Å². The van der Waals surface area contributed by atoms with Gasteiger partial charge in [-0.1, -0.05) is 42.0 Å². The van der Waals surface area contributed by atoms with E-state index in [0.29, 0.717) is 17.7 Å². The molecule has 0 bridgehead atoms. The maximum Gasteiger partial charge on any atom is 0.430 e. The van der Waals surface area contributed by atoms with Crippen LogP contribution in [0.1, 0.15) is 22.7 Å². The number of aryl methyl sites for hydroxylation is 1.